The van der Waals surface area contributed by atoms with Gasteiger partial charge in [-0.15, -0.1) is 0 Å². The van der Waals surface area contributed by atoms with Gasteiger partial charge in [0.2, 0.25) is 0 Å². The molecule has 3 nitrogen and oxygen atoms in total. The van der Waals surface area contributed by atoms with Crippen molar-refractivity contribution in [2.24, 2.45) is 0 Å². The van der Waals surface area contributed by atoms with E-state index in [1.165, 1.54) is 12.1 Å². The lowest BCUT2D eigenvalue weighted by Crippen LogP contribution is -2.14. The van der Waals surface area contributed by atoms with E-state index in [4.69, 9.17) is 28.6 Å². The molecule has 0 spiro atoms. The molecule has 0 aromatic heterocycles. The largest absolute Gasteiger partial charge is 0.487 e. The van der Waals surface area contributed by atoms with Gasteiger partial charge in [0.25, 0.3) is 5.91 Å². The maximum atomic E-state index is 14.1. The second-order valence-electron chi connectivity index (χ2n) is 5.14. The molecule has 0 aliphatic heterocycles. The zero-order valence-electron chi connectivity index (χ0n) is 13.1. The first kappa shape index (κ1) is 18.4. The van der Waals surface area contributed by atoms with Crippen LogP contribution in [0, 0.1) is 5.82 Å². The van der Waals surface area contributed by atoms with Gasteiger partial charge in [0.05, 0.1) is 12.3 Å². The smallest absolute Gasteiger partial charge is 0.255 e. The minimum Gasteiger partial charge on any atom is -0.487 e. The van der Waals surface area contributed by atoms with Crippen molar-refractivity contribution in [1.82, 2.24) is 0 Å². The lowest BCUT2D eigenvalue weighted by molar-refractivity contribution is 0.102. The molecule has 24 heavy (non-hydrogen) atoms. The predicted octanol–water partition coefficient (Wildman–Crippen LogP) is 5.03. The predicted molar refractivity (Wildman–Crippen MR) is 98.4 cm³/mol. The topological polar surface area (TPSA) is 38.3 Å². The fourth-order valence-corrected chi connectivity index (χ4v) is 2.49. The van der Waals surface area contributed by atoms with E-state index in [9.17, 15) is 9.18 Å². The number of hydrogen-bond acceptors (Lipinski definition) is 3. The molecule has 2 aromatic rings. The van der Waals surface area contributed by atoms with Gasteiger partial charge in [-0.25, -0.2) is 4.39 Å². The summed E-state index contributed by atoms with van der Waals surface area (Å²) < 4.78 is 19.4. The van der Waals surface area contributed by atoms with Gasteiger partial charge >= 0.3 is 0 Å². The Bertz CT molecular complexity index is 737. The first-order valence-corrected chi connectivity index (χ1v) is 8.29. The molecule has 6 heteroatoms. The summed E-state index contributed by atoms with van der Waals surface area (Å²) in [6, 6.07) is 11.2. The molecular weight excluding hydrogens is 349 g/mol. The number of carbonyl (C=O) groups excluding carboxylic acids is 1. The zero-order valence-corrected chi connectivity index (χ0v) is 14.7. The number of ether oxygens (including phenoxy) is 1. The number of anilines is 1. The number of rotatable bonds is 6. The van der Waals surface area contributed by atoms with Gasteiger partial charge in [0.1, 0.15) is 5.82 Å². The Morgan fingerprint density at radius 1 is 1.29 bits per heavy atom. The van der Waals surface area contributed by atoms with Crippen molar-refractivity contribution >= 4 is 40.5 Å². The molecule has 2 aromatic carbocycles. The number of nitrogens with one attached hydrogen (secondary N) is 1. The third-order valence-corrected chi connectivity index (χ3v) is 3.84. The Morgan fingerprint density at radius 3 is 2.67 bits per heavy atom. The van der Waals surface area contributed by atoms with Crippen LogP contribution in [0.1, 0.15) is 29.3 Å². The third kappa shape index (κ3) is 5.01. The second kappa shape index (κ2) is 8.76. The summed E-state index contributed by atoms with van der Waals surface area (Å²) in [4.78, 5) is 12.2. The number of carbonyl (C=O) groups is 1. The average molecular weight is 366 g/mol. The maximum Gasteiger partial charge on any atom is 0.255 e. The molecule has 0 atom stereocenters. The standard InChI is InChI=1S/C18H17ClFNO2S/c1-2-8-23-17(24)10-13-9-16(15(20)11-14(13)19)21-18(22)12-6-4-3-5-7-12/h3-7,9,11H,2,8,10H2,1H3,(H,21,22). The van der Waals surface area contributed by atoms with Gasteiger partial charge in [0, 0.05) is 17.0 Å². The summed E-state index contributed by atoms with van der Waals surface area (Å²) in [5.41, 5.74) is 1.10. The number of thiocarbonyl (C=S) groups is 1. The molecule has 2 rings (SSSR count). The quantitative estimate of drug-likeness (QED) is 0.730. The van der Waals surface area contributed by atoms with Crippen LogP contribution in [0.25, 0.3) is 0 Å². The van der Waals surface area contributed by atoms with Crippen molar-refractivity contribution in [2.75, 3.05) is 11.9 Å². The minimum atomic E-state index is -0.603. The summed E-state index contributed by atoms with van der Waals surface area (Å²) in [6.45, 7) is 2.50. The van der Waals surface area contributed by atoms with Crippen LogP contribution in [0.4, 0.5) is 10.1 Å². The zero-order chi connectivity index (χ0) is 17.5. The average Bonchev–Trinajstić information content (AvgIpc) is 2.58. The molecule has 0 radical (unpaired) electrons. The van der Waals surface area contributed by atoms with Gasteiger partial charge < -0.3 is 10.1 Å². The fraction of sp³-hybridized carbons (Fsp3) is 0.222. The van der Waals surface area contributed by atoms with Gasteiger partial charge in [0.15, 0.2) is 5.05 Å². The molecule has 0 unspecified atom stereocenters. The first-order chi connectivity index (χ1) is 11.5. The highest BCUT2D eigenvalue weighted by Crippen LogP contribution is 2.25. The van der Waals surface area contributed by atoms with Gasteiger partial charge in [-0.1, -0.05) is 36.7 Å². The summed E-state index contributed by atoms with van der Waals surface area (Å²) in [6.07, 6.45) is 1.12. The van der Waals surface area contributed by atoms with E-state index < -0.39 is 11.7 Å². The molecule has 0 bridgehead atoms. The van der Waals surface area contributed by atoms with Crippen molar-refractivity contribution in [3.05, 3.63) is 64.4 Å². The van der Waals surface area contributed by atoms with E-state index in [-0.39, 0.29) is 17.1 Å². The first-order valence-electron chi connectivity index (χ1n) is 7.51. The van der Waals surface area contributed by atoms with Crippen LogP contribution in [0.5, 0.6) is 0 Å². The molecule has 0 saturated carbocycles. The Labute approximate surface area is 150 Å². The van der Waals surface area contributed by atoms with Crippen LogP contribution >= 0.6 is 23.8 Å². The molecule has 0 heterocycles. The van der Waals surface area contributed by atoms with E-state index in [1.807, 2.05) is 6.92 Å². The molecule has 126 valence electrons. The normalized spacial score (nSPS) is 10.3. The van der Waals surface area contributed by atoms with Crippen molar-refractivity contribution in [3.8, 4) is 0 Å². The Kier molecular flexibility index (Phi) is 6.70. The summed E-state index contributed by atoms with van der Waals surface area (Å²) in [5, 5.41) is 3.18. The Hall–Kier alpha value is -1.98. The van der Waals surface area contributed by atoms with Crippen LogP contribution in [-0.4, -0.2) is 17.6 Å². The molecule has 1 amide bonds. The lowest BCUT2D eigenvalue weighted by Gasteiger charge is -2.12. The number of benzene rings is 2. The van der Waals surface area contributed by atoms with E-state index in [0.717, 1.165) is 6.42 Å². The number of halogens is 2. The summed E-state index contributed by atoms with van der Waals surface area (Å²) in [7, 11) is 0. The van der Waals surface area contributed by atoms with E-state index in [1.54, 1.807) is 30.3 Å². The SMILES string of the molecule is CCCOC(=S)Cc1cc(NC(=O)c2ccccc2)c(F)cc1Cl. The summed E-state index contributed by atoms with van der Waals surface area (Å²) in [5.74, 6) is -0.999. The Balaban J connectivity index is 2.17. The van der Waals surface area contributed by atoms with Crippen LogP contribution in [0.2, 0.25) is 5.02 Å². The van der Waals surface area contributed by atoms with Gasteiger partial charge in [-0.05, 0) is 48.5 Å². The lowest BCUT2D eigenvalue weighted by atomic mass is 10.1. The van der Waals surface area contributed by atoms with Crippen molar-refractivity contribution in [1.29, 1.82) is 0 Å². The van der Waals surface area contributed by atoms with E-state index in [2.05, 4.69) is 5.32 Å². The van der Waals surface area contributed by atoms with Gasteiger partial charge in [-0.3, -0.25) is 4.79 Å². The highest BCUT2D eigenvalue weighted by molar-refractivity contribution is 7.80. The highest BCUT2D eigenvalue weighted by Gasteiger charge is 2.14. The summed E-state index contributed by atoms with van der Waals surface area (Å²) >= 11 is 11.2. The number of amides is 1. The van der Waals surface area contributed by atoms with Crippen molar-refractivity contribution in [2.45, 2.75) is 19.8 Å². The van der Waals surface area contributed by atoms with Crippen LogP contribution in [-0.2, 0) is 11.2 Å². The van der Waals surface area contributed by atoms with Crippen LogP contribution in [0.15, 0.2) is 42.5 Å². The minimum absolute atomic E-state index is 0.0570. The third-order valence-electron chi connectivity index (χ3n) is 3.22. The fourth-order valence-electron chi connectivity index (χ4n) is 2.03. The second-order valence-corrected chi connectivity index (χ2v) is 6.00. The molecular formula is C18H17ClFNO2S. The Morgan fingerprint density at radius 2 is 2.00 bits per heavy atom. The molecule has 0 saturated heterocycles. The van der Waals surface area contributed by atoms with Crippen LogP contribution < -0.4 is 5.32 Å². The maximum absolute atomic E-state index is 14.1. The van der Waals surface area contributed by atoms with E-state index >= 15 is 0 Å². The van der Waals surface area contributed by atoms with Crippen molar-refractivity contribution in [3.63, 3.8) is 0 Å². The number of hydrogen-bond donors (Lipinski definition) is 1. The molecule has 0 aliphatic carbocycles. The van der Waals surface area contributed by atoms with Gasteiger partial charge in [-0.2, -0.15) is 0 Å². The monoisotopic (exact) mass is 365 g/mol. The molecule has 0 aliphatic rings. The van der Waals surface area contributed by atoms with Crippen molar-refractivity contribution < 1.29 is 13.9 Å². The van der Waals surface area contributed by atoms with Crippen LogP contribution in [0.3, 0.4) is 0 Å². The molecule has 0 fully saturated rings. The highest BCUT2D eigenvalue weighted by atomic mass is 35.5. The van der Waals surface area contributed by atoms with E-state index in [0.29, 0.717) is 22.8 Å². The molecule has 1 N–H and O–H groups in total.